The fourth-order valence-corrected chi connectivity index (χ4v) is 2.89. The fourth-order valence-electron chi connectivity index (χ4n) is 2.89. The topological polar surface area (TPSA) is 56.1 Å². The van der Waals surface area contributed by atoms with Crippen molar-refractivity contribution in [1.29, 1.82) is 5.26 Å². The van der Waals surface area contributed by atoms with Crippen molar-refractivity contribution < 1.29 is 4.79 Å². The molecule has 4 nitrogen and oxygen atoms in total. The molecule has 0 aromatic heterocycles. The molecule has 1 heterocycles. The van der Waals surface area contributed by atoms with Crippen molar-refractivity contribution in [1.82, 2.24) is 10.4 Å². The van der Waals surface area contributed by atoms with Gasteiger partial charge in [0, 0.05) is 12.1 Å². The Labute approximate surface area is 126 Å². The standard InChI is InChI=1S/C17H23N3O/c1-13-7-6-8-14(2)20(13)19-17(21)16(12-18)11-15-9-4-3-5-10-15/h3-5,9-10,13-14,16H,6-8,11H2,1-2H3,(H,19,21). The van der Waals surface area contributed by atoms with Crippen molar-refractivity contribution >= 4 is 5.91 Å². The molecule has 0 aliphatic carbocycles. The predicted molar refractivity (Wildman–Crippen MR) is 82.0 cm³/mol. The van der Waals surface area contributed by atoms with Crippen molar-refractivity contribution in [3.8, 4) is 6.07 Å². The van der Waals surface area contributed by atoms with Crippen LogP contribution >= 0.6 is 0 Å². The second kappa shape index (κ2) is 7.24. The van der Waals surface area contributed by atoms with Gasteiger partial charge >= 0.3 is 0 Å². The monoisotopic (exact) mass is 285 g/mol. The molecule has 21 heavy (non-hydrogen) atoms. The Morgan fingerprint density at radius 3 is 2.52 bits per heavy atom. The Balaban J connectivity index is 1.98. The molecular weight excluding hydrogens is 262 g/mol. The number of carbonyl (C=O) groups excluding carboxylic acids is 1. The van der Waals surface area contributed by atoms with Crippen LogP contribution in [0.5, 0.6) is 0 Å². The Morgan fingerprint density at radius 2 is 1.95 bits per heavy atom. The van der Waals surface area contributed by atoms with Gasteiger partial charge < -0.3 is 0 Å². The number of benzene rings is 1. The molecule has 1 aliphatic rings. The van der Waals surface area contributed by atoms with Crippen LogP contribution in [0.3, 0.4) is 0 Å². The molecule has 4 heteroatoms. The lowest BCUT2D eigenvalue weighted by Gasteiger charge is -2.39. The predicted octanol–water partition coefficient (Wildman–Crippen LogP) is 2.66. The van der Waals surface area contributed by atoms with Gasteiger partial charge in [-0.25, -0.2) is 5.01 Å². The van der Waals surface area contributed by atoms with Gasteiger partial charge in [0.15, 0.2) is 0 Å². The van der Waals surface area contributed by atoms with Crippen LogP contribution in [0, 0.1) is 17.2 Å². The Kier molecular flexibility index (Phi) is 5.35. The maximum atomic E-state index is 12.4. The summed E-state index contributed by atoms with van der Waals surface area (Å²) in [6, 6.07) is 12.5. The van der Waals surface area contributed by atoms with Crippen LogP contribution in [0.15, 0.2) is 30.3 Å². The van der Waals surface area contributed by atoms with Crippen LogP contribution in [0.25, 0.3) is 0 Å². The molecule has 3 atom stereocenters. The zero-order chi connectivity index (χ0) is 15.2. The Morgan fingerprint density at radius 1 is 1.33 bits per heavy atom. The van der Waals surface area contributed by atoms with E-state index in [1.807, 2.05) is 35.3 Å². The summed E-state index contributed by atoms with van der Waals surface area (Å²) in [7, 11) is 0. The number of hydrazine groups is 1. The number of rotatable bonds is 4. The van der Waals surface area contributed by atoms with E-state index in [0.717, 1.165) is 18.4 Å². The highest BCUT2D eigenvalue weighted by atomic mass is 16.2. The van der Waals surface area contributed by atoms with Crippen LogP contribution < -0.4 is 5.43 Å². The third-order valence-electron chi connectivity index (χ3n) is 4.19. The van der Waals surface area contributed by atoms with Gasteiger partial charge in [0.1, 0.15) is 5.92 Å². The van der Waals surface area contributed by atoms with E-state index in [1.165, 1.54) is 6.42 Å². The van der Waals surface area contributed by atoms with E-state index in [0.29, 0.717) is 18.5 Å². The van der Waals surface area contributed by atoms with Crippen LogP contribution in [0.4, 0.5) is 0 Å². The molecule has 1 aromatic carbocycles. The smallest absolute Gasteiger partial charge is 0.251 e. The third-order valence-corrected chi connectivity index (χ3v) is 4.19. The summed E-state index contributed by atoms with van der Waals surface area (Å²) in [5, 5.41) is 11.3. The summed E-state index contributed by atoms with van der Waals surface area (Å²) < 4.78 is 0. The first-order valence-electron chi connectivity index (χ1n) is 7.64. The largest absolute Gasteiger partial charge is 0.287 e. The highest BCUT2D eigenvalue weighted by Crippen LogP contribution is 2.20. The molecule has 1 N–H and O–H groups in total. The van der Waals surface area contributed by atoms with Gasteiger partial charge in [0.05, 0.1) is 6.07 Å². The Bertz CT molecular complexity index is 499. The van der Waals surface area contributed by atoms with Gasteiger partial charge in [0.25, 0.3) is 5.91 Å². The molecule has 1 amide bonds. The third kappa shape index (κ3) is 4.05. The first kappa shape index (κ1) is 15.5. The molecule has 0 spiro atoms. The van der Waals surface area contributed by atoms with E-state index in [2.05, 4.69) is 25.3 Å². The maximum absolute atomic E-state index is 12.4. The van der Waals surface area contributed by atoms with Crippen molar-refractivity contribution in [2.75, 3.05) is 0 Å². The maximum Gasteiger partial charge on any atom is 0.251 e. The first-order valence-corrected chi connectivity index (χ1v) is 7.64. The zero-order valence-corrected chi connectivity index (χ0v) is 12.7. The average Bonchev–Trinajstić information content (AvgIpc) is 2.49. The summed E-state index contributed by atoms with van der Waals surface area (Å²) in [6.45, 7) is 4.24. The molecular formula is C17H23N3O. The average molecular weight is 285 g/mol. The fraction of sp³-hybridized carbons (Fsp3) is 0.529. The molecule has 0 saturated carbocycles. The number of piperidine rings is 1. The molecule has 0 bridgehead atoms. The number of nitriles is 1. The molecule has 1 saturated heterocycles. The molecule has 1 aromatic rings. The molecule has 0 radical (unpaired) electrons. The second-order valence-corrected chi connectivity index (χ2v) is 5.88. The van der Waals surface area contributed by atoms with E-state index >= 15 is 0 Å². The number of amides is 1. The van der Waals surface area contributed by atoms with Gasteiger partial charge in [-0.1, -0.05) is 36.8 Å². The number of nitrogens with zero attached hydrogens (tertiary/aromatic N) is 2. The minimum Gasteiger partial charge on any atom is -0.287 e. The number of hydrogen-bond acceptors (Lipinski definition) is 3. The summed E-state index contributed by atoms with van der Waals surface area (Å²) in [5.74, 6) is -0.837. The number of carbonyl (C=O) groups is 1. The Hall–Kier alpha value is -1.86. The quantitative estimate of drug-likeness (QED) is 0.925. The van der Waals surface area contributed by atoms with Gasteiger partial charge in [-0.05, 0) is 38.7 Å². The highest BCUT2D eigenvalue weighted by molar-refractivity contribution is 5.81. The van der Waals surface area contributed by atoms with Crippen LogP contribution in [0.1, 0.15) is 38.7 Å². The summed E-state index contributed by atoms with van der Waals surface area (Å²) in [4.78, 5) is 12.4. The lowest BCUT2D eigenvalue weighted by molar-refractivity contribution is -0.131. The van der Waals surface area contributed by atoms with Crippen molar-refractivity contribution in [2.24, 2.45) is 5.92 Å². The van der Waals surface area contributed by atoms with Crippen molar-refractivity contribution in [3.63, 3.8) is 0 Å². The molecule has 1 fully saturated rings. The summed E-state index contributed by atoms with van der Waals surface area (Å²) in [6.07, 6.45) is 3.82. The summed E-state index contributed by atoms with van der Waals surface area (Å²) >= 11 is 0. The lowest BCUT2D eigenvalue weighted by Crippen LogP contribution is -2.55. The minimum absolute atomic E-state index is 0.193. The lowest BCUT2D eigenvalue weighted by atomic mass is 9.98. The van der Waals surface area contributed by atoms with Crippen molar-refractivity contribution in [3.05, 3.63) is 35.9 Å². The van der Waals surface area contributed by atoms with Crippen LogP contribution in [-0.4, -0.2) is 23.0 Å². The van der Waals surface area contributed by atoms with E-state index in [9.17, 15) is 10.1 Å². The van der Waals surface area contributed by atoms with Crippen LogP contribution in [0.2, 0.25) is 0 Å². The van der Waals surface area contributed by atoms with Crippen molar-refractivity contribution in [2.45, 2.75) is 51.6 Å². The number of hydrogen-bond donors (Lipinski definition) is 1. The summed E-state index contributed by atoms with van der Waals surface area (Å²) in [5.41, 5.74) is 3.97. The molecule has 112 valence electrons. The van der Waals surface area contributed by atoms with E-state index < -0.39 is 5.92 Å². The highest BCUT2D eigenvalue weighted by Gasteiger charge is 2.28. The van der Waals surface area contributed by atoms with Crippen LogP contribution in [-0.2, 0) is 11.2 Å². The molecule has 2 rings (SSSR count). The van der Waals surface area contributed by atoms with Gasteiger partial charge in [-0.3, -0.25) is 10.2 Å². The number of nitrogens with one attached hydrogen (secondary N) is 1. The van der Waals surface area contributed by atoms with E-state index in [-0.39, 0.29) is 5.91 Å². The zero-order valence-electron chi connectivity index (χ0n) is 12.7. The minimum atomic E-state index is -0.645. The molecule has 1 aliphatic heterocycles. The van der Waals surface area contributed by atoms with Gasteiger partial charge in [0.2, 0.25) is 0 Å². The van der Waals surface area contributed by atoms with E-state index in [1.54, 1.807) is 0 Å². The van der Waals surface area contributed by atoms with Gasteiger partial charge in [-0.15, -0.1) is 0 Å². The second-order valence-electron chi connectivity index (χ2n) is 5.88. The van der Waals surface area contributed by atoms with Gasteiger partial charge in [-0.2, -0.15) is 5.26 Å². The first-order chi connectivity index (χ1) is 10.1. The van der Waals surface area contributed by atoms with E-state index in [4.69, 9.17) is 0 Å². The normalized spacial score (nSPS) is 24.0. The SMILES string of the molecule is CC1CCCC(C)N1NC(=O)C(C#N)Cc1ccccc1. The molecule has 3 unspecified atom stereocenters.